The number of rotatable bonds is 4. The van der Waals surface area contributed by atoms with Gasteiger partial charge in [0.15, 0.2) is 11.5 Å². The summed E-state index contributed by atoms with van der Waals surface area (Å²) in [6, 6.07) is 10.5. The van der Waals surface area contributed by atoms with Gasteiger partial charge in [-0.15, -0.1) is 0 Å². The maximum Gasteiger partial charge on any atom is 0.416 e. The SMILES string of the molecule is O=C(NCc1ccc2c(c1)OCO2)C1CNCC1c1ccc(C(F)(F)F)cc1. The van der Waals surface area contributed by atoms with Gasteiger partial charge in [0, 0.05) is 25.6 Å². The molecular formula is C20H19F3N2O3. The Morgan fingerprint density at radius 2 is 1.82 bits per heavy atom. The predicted octanol–water partition coefficient (Wildman–Crippen LogP) is 3.05. The van der Waals surface area contributed by atoms with Crippen LogP contribution in [0.1, 0.15) is 22.6 Å². The molecule has 2 unspecified atom stereocenters. The van der Waals surface area contributed by atoms with Gasteiger partial charge in [0.25, 0.3) is 0 Å². The van der Waals surface area contributed by atoms with Gasteiger partial charge in [0.1, 0.15) is 0 Å². The number of benzene rings is 2. The van der Waals surface area contributed by atoms with Crippen molar-refractivity contribution < 1.29 is 27.4 Å². The molecule has 0 aliphatic carbocycles. The van der Waals surface area contributed by atoms with E-state index >= 15 is 0 Å². The molecule has 1 saturated heterocycles. The molecule has 2 aromatic carbocycles. The van der Waals surface area contributed by atoms with Crippen molar-refractivity contribution in [1.82, 2.24) is 10.6 Å². The molecular weight excluding hydrogens is 373 g/mol. The van der Waals surface area contributed by atoms with Crippen LogP contribution < -0.4 is 20.1 Å². The summed E-state index contributed by atoms with van der Waals surface area (Å²) < 4.78 is 48.9. The Bertz CT molecular complexity index is 868. The van der Waals surface area contributed by atoms with Gasteiger partial charge in [-0.1, -0.05) is 18.2 Å². The zero-order chi connectivity index (χ0) is 19.7. The number of amides is 1. The number of ether oxygens (including phenoxy) is 2. The van der Waals surface area contributed by atoms with Crippen LogP contribution in [0.15, 0.2) is 42.5 Å². The molecule has 5 nitrogen and oxygen atoms in total. The van der Waals surface area contributed by atoms with Gasteiger partial charge in [0.2, 0.25) is 12.7 Å². The molecule has 1 amide bonds. The standard InChI is InChI=1S/C20H19F3N2O3/c21-20(22,23)14-4-2-13(3-5-14)15-9-24-10-16(15)19(26)25-8-12-1-6-17-18(7-12)28-11-27-17/h1-7,15-16,24H,8-11H2,(H,25,26). The highest BCUT2D eigenvalue weighted by Crippen LogP contribution is 2.34. The molecule has 0 spiro atoms. The van der Waals surface area contributed by atoms with Gasteiger partial charge in [-0.3, -0.25) is 4.79 Å². The average Bonchev–Trinajstić information content (AvgIpc) is 3.34. The first-order chi connectivity index (χ1) is 13.4. The Balaban J connectivity index is 1.41. The minimum atomic E-state index is -4.37. The van der Waals surface area contributed by atoms with E-state index in [9.17, 15) is 18.0 Å². The Kier molecular flexibility index (Phi) is 4.89. The first kappa shape index (κ1) is 18.6. The molecule has 28 heavy (non-hydrogen) atoms. The third-order valence-corrected chi connectivity index (χ3v) is 5.12. The fourth-order valence-electron chi connectivity index (χ4n) is 3.59. The molecule has 0 aromatic heterocycles. The van der Waals surface area contributed by atoms with Crippen LogP contribution in [-0.2, 0) is 17.5 Å². The van der Waals surface area contributed by atoms with Crippen molar-refractivity contribution >= 4 is 5.91 Å². The maximum atomic E-state index is 12.8. The van der Waals surface area contributed by atoms with Gasteiger partial charge in [-0.2, -0.15) is 13.2 Å². The molecule has 2 aromatic rings. The summed E-state index contributed by atoms with van der Waals surface area (Å²) in [6.07, 6.45) is -4.37. The van der Waals surface area contributed by atoms with Crippen LogP contribution in [0, 0.1) is 5.92 Å². The smallest absolute Gasteiger partial charge is 0.416 e. The number of fused-ring (bicyclic) bond motifs is 1. The molecule has 1 fully saturated rings. The first-order valence-electron chi connectivity index (χ1n) is 8.96. The third kappa shape index (κ3) is 3.77. The summed E-state index contributed by atoms with van der Waals surface area (Å²) in [5.41, 5.74) is 0.918. The molecule has 0 radical (unpaired) electrons. The second kappa shape index (κ2) is 7.35. The molecule has 2 atom stereocenters. The highest BCUT2D eigenvalue weighted by atomic mass is 19.4. The van der Waals surface area contributed by atoms with Crippen LogP contribution in [-0.4, -0.2) is 25.8 Å². The molecule has 2 N–H and O–H groups in total. The molecule has 8 heteroatoms. The summed E-state index contributed by atoms with van der Waals surface area (Å²) in [4.78, 5) is 12.7. The molecule has 0 bridgehead atoms. The molecule has 148 valence electrons. The van der Waals surface area contributed by atoms with Crippen molar-refractivity contribution in [2.75, 3.05) is 19.9 Å². The van der Waals surface area contributed by atoms with Gasteiger partial charge >= 0.3 is 6.18 Å². The van der Waals surface area contributed by atoms with E-state index < -0.39 is 11.7 Å². The second-order valence-corrected chi connectivity index (χ2v) is 6.90. The van der Waals surface area contributed by atoms with Crippen molar-refractivity contribution in [3.63, 3.8) is 0 Å². The van der Waals surface area contributed by atoms with Gasteiger partial charge in [0.05, 0.1) is 11.5 Å². The van der Waals surface area contributed by atoms with E-state index in [1.807, 2.05) is 12.1 Å². The topological polar surface area (TPSA) is 59.6 Å². The van der Waals surface area contributed by atoms with Crippen molar-refractivity contribution in [3.8, 4) is 11.5 Å². The quantitative estimate of drug-likeness (QED) is 0.840. The van der Waals surface area contributed by atoms with E-state index in [4.69, 9.17) is 9.47 Å². The van der Waals surface area contributed by atoms with Crippen LogP contribution >= 0.6 is 0 Å². The van der Waals surface area contributed by atoms with Gasteiger partial charge < -0.3 is 20.1 Å². The Morgan fingerprint density at radius 3 is 2.57 bits per heavy atom. The van der Waals surface area contributed by atoms with E-state index in [2.05, 4.69) is 10.6 Å². The number of halogens is 3. The number of carbonyl (C=O) groups excluding carboxylic acids is 1. The Morgan fingerprint density at radius 1 is 1.07 bits per heavy atom. The zero-order valence-corrected chi connectivity index (χ0v) is 14.9. The fourth-order valence-corrected chi connectivity index (χ4v) is 3.59. The van der Waals surface area contributed by atoms with E-state index in [0.29, 0.717) is 31.1 Å². The minimum Gasteiger partial charge on any atom is -0.454 e. The minimum absolute atomic E-state index is 0.132. The zero-order valence-electron chi connectivity index (χ0n) is 14.9. The number of alkyl halides is 3. The van der Waals surface area contributed by atoms with Crippen LogP contribution in [0.2, 0.25) is 0 Å². The first-order valence-corrected chi connectivity index (χ1v) is 8.96. The third-order valence-electron chi connectivity index (χ3n) is 5.12. The molecule has 2 aliphatic heterocycles. The molecule has 2 heterocycles. The monoisotopic (exact) mass is 392 g/mol. The lowest BCUT2D eigenvalue weighted by molar-refractivity contribution is -0.137. The summed E-state index contributed by atoms with van der Waals surface area (Å²) in [6.45, 7) is 1.56. The van der Waals surface area contributed by atoms with Gasteiger partial charge in [-0.05, 0) is 35.4 Å². The maximum absolute atomic E-state index is 12.8. The molecule has 0 saturated carbocycles. The fraction of sp³-hybridized carbons (Fsp3) is 0.350. The van der Waals surface area contributed by atoms with E-state index in [-0.39, 0.29) is 24.5 Å². The lowest BCUT2D eigenvalue weighted by Crippen LogP contribution is -2.34. The summed E-state index contributed by atoms with van der Waals surface area (Å²) in [5, 5.41) is 6.07. The number of nitrogens with one attached hydrogen (secondary N) is 2. The van der Waals surface area contributed by atoms with Crippen LogP contribution in [0.25, 0.3) is 0 Å². The highest BCUT2D eigenvalue weighted by Gasteiger charge is 2.35. The second-order valence-electron chi connectivity index (χ2n) is 6.90. The van der Waals surface area contributed by atoms with Gasteiger partial charge in [-0.25, -0.2) is 0 Å². The van der Waals surface area contributed by atoms with E-state index in [1.54, 1.807) is 6.07 Å². The van der Waals surface area contributed by atoms with Crippen molar-refractivity contribution in [2.24, 2.45) is 5.92 Å². The Labute approximate surface area is 159 Å². The lowest BCUT2D eigenvalue weighted by atomic mass is 9.88. The van der Waals surface area contributed by atoms with Crippen molar-refractivity contribution in [2.45, 2.75) is 18.6 Å². The highest BCUT2D eigenvalue weighted by molar-refractivity contribution is 5.80. The largest absolute Gasteiger partial charge is 0.454 e. The average molecular weight is 392 g/mol. The number of hydrogen-bond acceptors (Lipinski definition) is 4. The summed E-state index contributed by atoms with van der Waals surface area (Å²) >= 11 is 0. The van der Waals surface area contributed by atoms with Crippen LogP contribution in [0.4, 0.5) is 13.2 Å². The lowest BCUT2D eigenvalue weighted by Gasteiger charge is -2.19. The van der Waals surface area contributed by atoms with Crippen molar-refractivity contribution in [1.29, 1.82) is 0 Å². The van der Waals surface area contributed by atoms with E-state index in [1.165, 1.54) is 12.1 Å². The van der Waals surface area contributed by atoms with Crippen LogP contribution in [0.5, 0.6) is 11.5 Å². The summed E-state index contributed by atoms with van der Waals surface area (Å²) in [7, 11) is 0. The number of carbonyl (C=O) groups is 1. The predicted molar refractivity (Wildman–Crippen MR) is 95.0 cm³/mol. The molecule has 4 rings (SSSR count). The molecule has 2 aliphatic rings. The number of hydrogen-bond donors (Lipinski definition) is 2. The summed E-state index contributed by atoms with van der Waals surface area (Å²) in [5.74, 6) is 0.687. The van der Waals surface area contributed by atoms with E-state index in [0.717, 1.165) is 23.3 Å². The normalized spacial score (nSPS) is 21.0. The van der Waals surface area contributed by atoms with Crippen molar-refractivity contribution in [3.05, 3.63) is 59.2 Å². The Hall–Kier alpha value is -2.74. The van der Waals surface area contributed by atoms with Crippen LogP contribution in [0.3, 0.4) is 0 Å².